The van der Waals surface area contributed by atoms with Crippen LogP contribution in [0.2, 0.25) is 0 Å². The van der Waals surface area contributed by atoms with Gasteiger partial charge in [-0.3, -0.25) is 0 Å². The van der Waals surface area contributed by atoms with Crippen LogP contribution < -0.4 is 5.73 Å². The second-order valence-electron chi connectivity index (χ2n) is 4.79. The molecule has 0 aromatic rings. The summed E-state index contributed by atoms with van der Waals surface area (Å²) in [6, 6.07) is 0.310. The molecular formula is C9H22N2. The fourth-order valence-corrected chi connectivity index (χ4v) is 1.32. The number of nitrogens with two attached hydrogens (primary N) is 1. The first-order valence-corrected chi connectivity index (χ1v) is 4.21. The molecule has 0 aliphatic rings. The molecule has 2 heteroatoms. The van der Waals surface area contributed by atoms with Gasteiger partial charge in [0.05, 0.1) is 0 Å². The summed E-state index contributed by atoms with van der Waals surface area (Å²) in [5, 5.41) is 0. The Morgan fingerprint density at radius 3 is 2.00 bits per heavy atom. The van der Waals surface area contributed by atoms with E-state index in [1.54, 1.807) is 0 Å². The second kappa shape index (κ2) is 4.07. The van der Waals surface area contributed by atoms with E-state index in [9.17, 15) is 0 Å². The molecule has 2 nitrogen and oxygen atoms in total. The molecule has 68 valence electrons. The minimum atomic E-state index is 0.310. The first-order chi connectivity index (χ1) is 4.81. The number of rotatable bonds is 3. The molecule has 1 atom stereocenters. The summed E-state index contributed by atoms with van der Waals surface area (Å²) in [6.45, 7) is 7.66. The number of hydrogen-bond donors (Lipinski definition) is 1. The summed E-state index contributed by atoms with van der Waals surface area (Å²) in [5.41, 5.74) is 6.28. The van der Waals surface area contributed by atoms with E-state index in [0.717, 1.165) is 13.0 Å². The summed E-state index contributed by atoms with van der Waals surface area (Å²) in [5.74, 6) is 0. The maximum Gasteiger partial charge on any atom is 0.0172 e. The van der Waals surface area contributed by atoms with Crippen molar-refractivity contribution in [1.82, 2.24) is 4.90 Å². The quantitative estimate of drug-likeness (QED) is 0.671. The van der Waals surface area contributed by atoms with Crippen molar-refractivity contribution in [1.29, 1.82) is 0 Å². The summed E-state index contributed by atoms with van der Waals surface area (Å²) in [7, 11) is 4.12. The summed E-state index contributed by atoms with van der Waals surface area (Å²) in [4.78, 5) is 2.14. The van der Waals surface area contributed by atoms with Crippen LogP contribution in [0.4, 0.5) is 0 Å². The number of likely N-dealkylation sites (N-methyl/N-ethyl adjacent to an activating group) is 1. The Hall–Kier alpha value is -0.0800. The molecule has 0 aliphatic carbocycles. The van der Waals surface area contributed by atoms with Crippen LogP contribution >= 0.6 is 0 Å². The van der Waals surface area contributed by atoms with Crippen molar-refractivity contribution < 1.29 is 0 Å². The zero-order valence-corrected chi connectivity index (χ0v) is 8.52. The standard InChI is InChI=1S/C9H22N2/c1-9(2,3)6-8(10)7-11(4)5/h8H,6-7,10H2,1-5H3/t8-/m1/s1. The first-order valence-electron chi connectivity index (χ1n) is 4.21. The van der Waals surface area contributed by atoms with Gasteiger partial charge in [0.2, 0.25) is 0 Å². The normalized spacial score (nSPS) is 15.5. The van der Waals surface area contributed by atoms with Crippen molar-refractivity contribution in [3.63, 3.8) is 0 Å². The predicted molar refractivity (Wildman–Crippen MR) is 50.6 cm³/mol. The van der Waals surface area contributed by atoms with Crippen LogP contribution in [0.25, 0.3) is 0 Å². The summed E-state index contributed by atoms with van der Waals surface area (Å²) >= 11 is 0. The highest BCUT2D eigenvalue weighted by atomic mass is 15.1. The van der Waals surface area contributed by atoms with Crippen LogP contribution in [-0.4, -0.2) is 31.6 Å². The third kappa shape index (κ3) is 7.82. The Balaban J connectivity index is 3.61. The van der Waals surface area contributed by atoms with E-state index >= 15 is 0 Å². The van der Waals surface area contributed by atoms with E-state index in [4.69, 9.17) is 5.73 Å². The van der Waals surface area contributed by atoms with E-state index in [1.807, 2.05) is 0 Å². The molecule has 0 aliphatic heterocycles. The minimum Gasteiger partial charge on any atom is -0.327 e. The number of nitrogens with zero attached hydrogens (tertiary/aromatic N) is 1. The van der Waals surface area contributed by atoms with Crippen molar-refractivity contribution in [2.24, 2.45) is 11.1 Å². The van der Waals surface area contributed by atoms with Gasteiger partial charge in [0.15, 0.2) is 0 Å². The first kappa shape index (κ1) is 10.9. The number of hydrogen-bond acceptors (Lipinski definition) is 2. The second-order valence-corrected chi connectivity index (χ2v) is 4.79. The van der Waals surface area contributed by atoms with E-state index < -0.39 is 0 Å². The molecule has 0 radical (unpaired) electrons. The Kier molecular flexibility index (Phi) is 4.04. The monoisotopic (exact) mass is 158 g/mol. The Labute approximate surface area is 70.8 Å². The van der Waals surface area contributed by atoms with Crippen molar-refractivity contribution in [3.8, 4) is 0 Å². The van der Waals surface area contributed by atoms with Gasteiger partial charge in [-0.15, -0.1) is 0 Å². The van der Waals surface area contributed by atoms with Crippen molar-refractivity contribution in [2.75, 3.05) is 20.6 Å². The molecule has 0 fully saturated rings. The largest absolute Gasteiger partial charge is 0.327 e. The Morgan fingerprint density at radius 2 is 1.73 bits per heavy atom. The highest BCUT2D eigenvalue weighted by molar-refractivity contribution is 4.72. The lowest BCUT2D eigenvalue weighted by atomic mass is 9.88. The molecule has 0 saturated carbocycles. The fourth-order valence-electron chi connectivity index (χ4n) is 1.32. The highest BCUT2D eigenvalue weighted by Gasteiger charge is 2.15. The van der Waals surface area contributed by atoms with Gasteiger partial charge < -0.3 is 10.6 Å². The maximum atomic E-state index is 5.92. The molecule has 0 unspecified atom stereocenters. The highest BCUT2D eigenvalue weighted by Crippen LogP contribution is 2.19. The van der Waals surface area contributed by atoms with Gasteiger partial charge in [-0.1, -0.05) is 20.8 Å². The lowest BCUT2D eigenvalue weighted by molar-refractivity contribution is 0.288. The van der Waals surface area contributed by atoms with Crippen molar-refractivity contribution in [3.05, 3.63) is 0 Å². The van der Waals surface area contributed by atoms with E-state index in [2.05, 4.69) is 39.8 Å². The zero-order chi connectivity index (χ0) is 9.07. The maximum absolute atomic E-state index is 5.92. The smallest absolute Gasteiger partial charge is 0.0172 e. The molecular weight excluding hydrogens is 136 g/mol. The van der Waals surface area contributed by atoms with Gasteiger partial charge in [0.1, 0.15) is 0 Å². The van der Waals surface area contributed by atoms with E-state index in [-0.39, 0.29) is 0 Å². The zero-order valence-electron chi connectivity index (χ0n) is 8.52. The van der Waals surface area contributed by atoms with Crippen molar-refractivity contribution >= 4 is 0 Å². The van der Waals surface area contributed by atoms with Crippen LogP contribution in [0, 0.1) is 5.41 Å². The van der Waals surface area contributed by atoms with Crippen LogP contribution in [0.15, 0.2) is 0 Å². The third-order valence-electron chi connectivity index (χ3n) is 1.47. The predicted octanol–water partition coefficient (Wildman–Crippen LogP) is 1.31. The van der Waals surface area contributed by atoms with Gasteiger partial charge in [0.25, 0.3) is 0 Å². The molecule has 0 rings (SSSR count). The molecule has 11 heavy (non-hydrogen) atoms. The van der Waals surface area contributed by atoms with Crippen LogP contribution in [0.5, 0.6) is 0 Å². The molecule has 0 aromatic carbocycles. The van der Waals surface area contributed by atoms with Gasteiger partial charge in [-0.25, -0.2) is 0 Å². The molecule has 0 amide bonds. The SMILES string of the molecule is CN(C)C[C@H](N)CC(C)(C)C. The average Bonchev–Trinajstić information content (AvgIpc) is 1.53. The molecule has 0 spiro atoms. The minimum absolute atomic E-state index is 0.310. The van der Waals surface area contributed by atoms with Gasteiger partial charge in [0, 0.05) is 12.6 Å². The molecule has 2 N–H and O–H groups in total. The Morgan fingerprint density at radius 1 is 1.27 bits per heavy atom. The van der Waals surface area contributed by atoms with E-state index in [1.165, 1.54) is 0 Å². The topological polar surface area (TPSA) is 29.3 Å². The lowest BCUT2D eigenvalue weighted by Gasteiger charge is -2.25. The van der Waals surface area contributed by atoms with Crippen molar-refractivity contribution in [2.45, 2.75) is 33.2 Å². The lowest BCUT2D eigenvalue weighted by Crippen LogP contribution is -2.36. The van der Waals surface area contributed by atoms with Gasteiger partial charge >= 0.3 is 0 Å². The Bertz CT molecular complexity index is 103. The fraction of sp³-hybridized carbons (Fsp3) is 1.00. The molecule has 0 heterocycles. The summed E-state index contributed by atoms with van der Waals surface area (Å²) in [6.07, 6.45) is 1.09. The average molecular weight is 158 g/mol. The van der Waals surface area contributed by atoms with Crippen LogP contribution in [-0.2, 0) is 0 Å². The summed E-state index contributed by atoms with van der Waals surface area (Å²) < 4.78 is 0. The van der Waals surface area contributed by atoms with Crippen LogP contribution in [0.3, 0.4) is 0 Å². The third-order valence-corrected chi connectivity index (χ3v) is 1.47. The van der Waals surface area contributed by atoms with E-state index in [0.29, 0.717) is 11.5 Å². The van der Waals surface area contributed by atoms with Crippen LogP contribution in [0.1, 0.15) is 27.2 Å². The van der Waals surface area contributed by atoms with Gasteiger partial charge in [-0.2, -0.15) is 0 Å². The molecule has 0 aromatic heterocycles. The van der Waals surface area contributed by atoms with Gasteiger partial charge in [-0.05, 0) is 25.9 Å². The molecule has 0 saturated heterocycles. The molecule has 0 bridgehead atoms.